The van der Waals surface area contributed by atoms with Crippen molar-refractivity contribution in [3.8, 4) is 16.9 Å². The van der Waals surface area contributed by atoms with Crippen LogP contribution < -0.4 is 16.0 Å². The minimum absolute atomic E-state index is 0.0909. The van der Waals surface area contributed by atoms with Gasteiger partial charge in [0.05, 0.1) is 12.3 Å². The molecule has 2 rings (SSSR count). The van der Waals surface area contributed by atoms with Gasteiger partial charge in [0, 0.05) is 11.8 Å². The van der Waals surface area contributed by atoms with E-state index in [-0.39, 0.29) is 17.0 Å². The van der Waals surface area contributed by atoms with Crippen molar-refractivity contribution in [3.05, 3.63) is 46.6 Å². The molecule has 1 aromatic heterocycles. The van der Waals surface area contributed by atoms with Gasteiger partial charge in [0.2, 0.25) is 0 Å². The van der Waals surface area contributed by atoms with E-state index in [9.17, 15) is 9.18 Å². The summed E-state index contributed by atoms with van der Waals surface area (Å²) in [7, 11) is 0. The number of nitrogen functional groups attached to an aromatic ring is 1. The highest BCUT2D eigenvalue weighted by Gasteiger charge is 2.06. The highest BCUT2D eigenvalue weighted by molar-refractivity contribution is 5.66. The first-order chi connectivity index (χ1) is 8.61. The Morgan fingerprint density at radius 2 is 2.11 bits per heavy atom. The number of pyridine rings is 1. The average Bonchev–Trinajstić information content (AvgIpc) is 2.36. The summed E-state index contributed by atoms with van der Waals surface area (Å²) in [6.07, 6.45) is 1.51. The molecule has 4 nitrogen and oxygen atoms in total. The van der Waals surface area contributed by atoms with E-state index in [1.165, 1.54) is 18.3 Å². The van der Waals surface area contributed by atoms with Gasteiger partial charge in [-0.05, 0) is 30.7 Å². The van der Waals surface area contributed by atoms with Crippen LogP contribution in [0.2, 0.25) is 0 Å². The number of hydrogen-bond donors (Lipinski definition) is 2. The highest BCUT2D eigenvalue weighted by atomic mass is 19.1. The second-order valence-corrected chi connectivity index (χ2v) is 3.75. The zero-order valence-corrected chi connectivity index (χ0v) is 9.87. The molecule has 0 amide bonds. The summed E-state index contributed by atoms with van der Waals surface area (Å²) in [5, 5.41) is 0. The maximum Gasteiger partial charge on any atom is 0.290 e. The van der Waals surface area contributed by atoms with Crippen LogP contribution in [0.25, 0.3) is 11.1 Å². The van der Waals surface area contributed by atoms with Crippen LogP contribution in [0.15, 0.2) is 35.3 Å². The minimum Gasteiger partial charge on any atom is -0.488 e. The third-order valence-electron chi connectivity index (χ3n) is 2.50. The molecule has 0 radical (unpaired) electrons. The lowest BCUT2D eigenvalue weighted by atomic mass is 10.1. The molecule has 0 bridgehead atoms. The van der Waals surface area contributed by atoms with Gasteiger partial charge in [0.15, 0.2) is 5.75 Å². The molecule has 1 heterocycles. The summed E-state index contributed by atoms with van der Waals surface area (Å²) in [4.78, 5) is 14.0. The van der Waals surface area contributed by atoms with Crippen LogP contribution in [0.4, 0.5) is 10.1 Å². The molecule has 1 aromatic carbocycles. The van der Waals surface area contributed by atoms with Gasteiger partial charge < -0.3 is 15.5 Å². The Hall–Kier alpha value is -2.30. The predicted molar refractivity (Wildman–Crippen MR) is 68.0 cm³/mol. The van der Waals surface area contributed by atoms with Gasteiger partial charge in [-0.2, -0.15) is 0 Å². The molecule has 0 saturated heterocycles. The quantitative estimate of drug-likeness (QED) is 0.818. The number of benzene rings is 1. The third kappa shape index (κ3) is 2.34. The normalized spacial score (nSPS) is 10.3. The molecule has 5 heteroatoms. The summed E-state index contributed by atoms with van der Waals surface area (Å²) in [5.74, 6) is -0.274. The summed E-state index contributed by atoms with van der Waals surface area (Å²) < 4.78 is 18.6. The molecule has 3 N–H and O–H groups in total. The lowest BCUT2D eigenvalue weighted by molar-refractivity contribution is 0.335. The van der Waals surface area contributed by atoms with Crippen molar-refractivity contribution in [2.24, 2.45) is 0 Å². The summed E-state index contributed by atoms with van der Waals surface area (Å²) >= 11 is 0. The Morgan fingerprint density at radius 1 is 1.33 bits per heavy atom. The molecule has 0 atom stereocenters. The number of nitrogens with two attached hydrogens (primary N) is 1. The van der Waals surface area contributed by atoms with Gasteiger partial charge in [0.25, 0.3) is 5.56 Å². The Balaban J connectivity index is 2.47. The first kappa shape index (κ1) is 12.2. The Morgan fingerprint density at radius 3 is 2.78 bits per heavy atom. The summed E-state index contributed by atoms with van der Waals surface area (Å²) in [6.45, 7) is 2.18. The largest absolute Gasteiger partial charge is 0.488 e. The van der Waals surface area contributed by atoms with E-state index in [1.807, 2.05) is 0 Å². The van der Waals surface area contributed by atoms with Gasteiger partial charge in [-0.25, -0.2) is 4.39 Å². The molecular weight excluding hydrogens is 235 g/mol. The van der Waals surface area contributed by atoms with E-state index >= 15 is 0 Å². The maximum atomic E-state index is 13.4. The van der Waals surface area contributed by atoms with Crippen LogP contribution in [0.3, 0.4) is 0 Å². The van der Waals surface area contributed by atoms with Gasteiger partial charge in [-0.1, -0.05) is 6.07 Å². The highest BCUT2D eigenvalue weighted by Crippen LogP contribution is 2.23. The van der Waals surface area contributed by atoms with Crippen molar-refractivity contribution < 1.29 is 9.13 Å². The number of aromatic nitrogens is 1. The first-order valence-corrected chi connectivity index (χ1v) is 5.52. The fraction of sp³-hybridized carbons (Fsp3) is 0.154. The molecular formula is C13H13FN2O2. The number of rotatable bonds is 3. The van der Waals surface area contributed by atoms with Crippen LogP contribution in [0.1, 0.15) is 6.92 Å². The van der Waals surface area contributed by atoms with E-state index in [0.717, 1.165) is 0 Å². The predicted octanol–water partition coefficient (Wildman–Crippen LogP) is 2.16. The number of nitrogens with one attached hydrogen (secondary N) is 1. The number of anilines is 1. The van der Waals surface area contributed by atoms with Gasteiger partial charge in [0.1, 0.15) is 5.82 Å². The van der Waals surface area contributed by atoms with Crippen LogP contribution >= 0.6 is 0 Å². The van der Waals surface area contributed by atoms with Gasteiger partial charge in [-0.3, -0.25) is 4.79 Å². The molecule has 2 aromatic rings. The first-order valence-electron chi connectivity index (χ1n) is 5.52. The lowest BCUT2D eigenvalue weighted by Gasteiger charge is -2.06. The Kier molecular flexibility index (Phi) is 3.32. The number of hydrogen-bond acceptors (Lipinski definition) is 3. The van der Waals surface area contributed by atoms with Crippen LogP contribution in [0.5, 0.6) is 5.75 Å². The van der Waals surface area contributed by atoms with Crippen LogP contribution in [0, 0.1) is 5.82 Å². The number of H-pyrrole nitrogens is 1. The molecule has 94 valence electrons. The van der Waals surface area contributed by atoms with E-state index in [0.29, 0.717) is 17.7 Å². The summed E-state index contributed by atoms with van der Waals surface area (Å²) in [5.41, 5.74) is 6.48. The van der Waals surface area contributed by atoms with Crippen molar-refractivity contribution in [2.45, 2.75) is 6.92 Å². The number of ether oxygens (including phenoxy) is 1. The third-order valence-corrected chi connectivity index (χ3v) is 2.50. The molecule has 0 aliphatic carbocycles. The average molecular weight is 248 g/mol. The Bertz CT molecular complexity index is 623. The SMILES string of the molecule is CCOc1cc(-c2ccc(N)c(F)c2)c[nH]c1=O. The minimum atomic E-state index is -0.489. The maximum absolute atomic E-state index is 13.4. The van der Waals surface area contributed by atoms with E-state index < -0.39 is 5.82 Å². The number of halogens is 1. The molecule has 0 fully saturated rings. The van der Waals surface area contributed by atoms with Gasteiger partial charge >= 0.3 is 0 Å². The molecule has 0 saturated carbocycles. The molecule has 0 spiro atoms. The summed E-state index contributed by atoms with van der Waals surface area (Å²) in [6, 6.07) is 6.06. The fourth-order valence-corrected chi connectivity index (χ4v) is 1.60. The molecule has 0 aliphatic rings. The van der Waals surface area contributed by atoms with Crippen LogP contribution in [-0.2, 0) is 0 Å². The standard InChI is InChI=1S/C13H13FN2O2/c1-2-18-12-6-9(7-16-13(12)17)8-3-4-11(15)10(14)5-8/h3-7H,2,15H2,1H3,(H,16,17). The molecule has 0 unspecified atom stereocenters. The fourth-order valence-electron chi connectivity index (χ4n) is 1.60. The molecule has 18 heavy (non-hydrogen) atoms. The second kappa shape index (κ2) is 4.91. The lowest BCUT2D eigenvalue weighted by Crippen LogP contribution is -2.10. The smallest absolute Gasteiger partial charge is 0.290 e. The zero-order chi connectivity index (χ0) is 13.1. The van der Waals surface area contributed by atoms with Crippen LogP contribution in [-0.4, -0.2) is 11.6 Å². The van der Waals surface area contributed by atoms with E-state index in [2.05, 4.69) is 4.98 Å². The van der Waals surface area contributed by atoms with Crippen molar-refractivity contribution in [3.63, 3.8) is 0 Å². The van der Waals surface area contributed by atoms with E-state index in [4.69, 9.17) is 10.5 Å². The molecule has 0 aliphatic heterocycles. The number of aromatic amines is 1. The second-order valence-electron chi connectivity index (χ2n) is 3.75. The van der Waals surface area contributed by atoms with E-state index in [1.54, 1.807) is 19.1 Å². The topological polar surface area (TPSA) is 68.1 Å². The van der Waals surface area contributed by atoms with Gasteiger partial charge in [-0.15, -0.1) is 0 Å². The van der Waals surface area contributed by atoms with Crippen molar-refractivity contribution in [2.75, 3.05) is 12.3 Å². The van der Waals surface area contributed by atoms with Crippen molar-refractivity contribution >= 4 is 5.69 Å². The van der Waals surface area contributed by atoms with Crippen molar-refractivity contribution in [1.29, 1.82) is 0 Å². The Labute approximate surface area is 103 Å². The zero-order valence-electron chi connectivity index (χ0n) is 9.87. The van der Waals surface area contributed by atoms with Crippen molar-refractivity contribution in [1.82, 2.24) is 4.98 Å². The monoisotopic (exact) mass is 248 g/mol.